The minimum Gasteiger partial charge on any atom is -0.507 e. The van der Waals surface area contributed by atoms with Crippen molar-refractivity contribution in [2.75, 3.05) is 20.2 Å². The fraction of sp³-hybridized carbons (Fsp3) is 0.750. The van der Waals surface area contributed by atoms with Crippen molar-refractivity contribution in [3.05, 3.63) is 28.8 Å². The highest BCUT2D eigenvalue weighted by molar-refractivity contribution is 6.00. The minimum atomic E-state index is -1.77. The van der Waals surface area contributed by atoms with Crippen LogP contribution >= 0.6 is 0 Å². The lowest BCUT2D eigenvalue weighted by atomic mass is 9.52. The average molecular weight is 532 g/mol. The van der Waals surface area contributed by atoms with E-state index < -0.39 is 28.7 Å². The molecule has 0 aliphatic carbocycles. The number of unbranched alkanes of at least 4 members (excludes halogenated alkanes) is 1. The first-order chi connectivity index (χ1) is 17.2. The average Bonchev–Trinajstić information content (AvgIpc) is 2.76. The molecule has 1 aromatic rings. The number of aromatic hydroxyl groups is 1. The first-order valence-corrected chi connectivity index (χ1v) is 14.1. The van der Waals surface area contributed by atoms with Crippen molar-refractivity contribution in [1.29, 1.82) is 0 Å². The van der Waals surface area contributed by atoms with Gasteiger partial charge in [-0.1, -0.05) is 80.9 Å². The Balaban J connectivity index is 2.86. The Labute approximate surface area is 231 Å². The Morgan fingerprint density at radius 1 is 1.03 bits per heavy atom. The summed E-state index contributed by atoms with van der Waals surface area (Å²) in [5, 5.41) is 22.2. The van der Waals surface area contributed by atoms with Gasteiger partial charge >= 0.3 is 11.9 Å². The maximum atomic E-state index is 14.0. The number of piperidine rings is 1. The zero-order valence-electron chi connectivity index (χ0n) is 26.0. The topological polar surface area (TPSA) is 87.1 Å². The van der Waals surface area contributed by atoms with Crippen LogP contribution < -0.4 is 0 Å². The normalized spacial score (nSPS) is 21.5. The van der Waals surface area contributed by atoms with Gasteiger partial charge in [0.2, 0.25) is 0 Å². The number of carboxylic acid groups (broad SMARTS) is 1. The lowest BCUT2D eigenvalue weighted by Gasteiger charge is -2.59. The number of benzene rings is 1. The van der Waals surface area contributed by atoms with Crippen LogP contribution in [-0.2, 0) is 31.6 Å². The quantitative estimate of drug-likeness (QED) is 0.220. The third-order valence-corrected chi connectivity index (χ3v) is 9.50. The van der Waals surface area contributed by atoms with E-state index in [0.29, 0.717) is 19.4 Å². The third-order valence-electron chi connectivity index (χ3n) is 9.50. The second kappa shape index (κ2) is 10.8. The zero-order valence-corrected chi connectivity index (χ0v) is 26.0. The maximum absolute atomic E-state index is 14.0. The van der Waals surface area contributed by atoms with Gasteiger partial charge in [0.1, 0.15) is 5.75 Å². The van der Waals surface area contributed by atoms with E-state index in [1.165, 1.54) is 0 Å². The smallest absolute Gasteiger partial charge is 0.324 e. The van der Waals surface area contributed by atoms with Crippen LogP contribution in [0.1, 0.15) is 112 Å². The van der Waals surface area contributed by atoms with Crippen LogP contribution in [-0.4, -0.2) is 52.8 Å². The standard InChI is InChI=1S/C32H53NO5/c1-13-14-17-38-27(37)32(26(35)36,24-15-16-33(12)31(10,11)30(24,8)9)20-21-18-22(28(2,3)4)25(34)23(19-21)29(5,6)7/h18-19,24,34H,13-17,20H2,1-12H3,(H,35,36). The van der Waals surface area contributed by atoms with Crippen molar-refractivity contribution in [3.8, 4) is 5.75 Å². The Hall–Kier alpha value is -2.08. The van der Waals surface area contributed by atoms with Gasteiger partial charge in [-0.3, -0.25) is 9.59 Å². The second-order valence-corrected chi connectivity index (χ2v) is 14.5. The van der Waals surface area contributed by atoms with E-state index in [2.05, 4.69) is 39.6 Å². The number of hydrogen-bond donors (Lipinski definition) is 2. The lowest BCUT2D eigenvalue weighted by molar-refractivity contribution is -0.187. The molecule has 38 heavy (non-hydrogen) atoms. The Bertz CT molecular complexity index is 992. The van der Waals surface area contributed by atoms with E-state index in [-0.39, 0.29) is 35.1 Å². The number of carbonyl (C=O) groups is 2. The summed E-state index contributed by atoms with van der Waals surface area (Å²) in [7, 11) is 2.06. The van der Waals surface area contributed by atoms with Gasteiger partial charge in [0, 0.05) is 5.54 Å². The Morgan fingerprint density at radius 2 is 1.53 bits per heavy atom. The predicted octanol–water partition coefficient (Wildman–Crippen LogP) is 6.70. The lowest BCUT2D eigenvalue weighted by Crippen LogP contribution is -2.66. The summed E-state index contributed by atoms with van der Waals surface area (Å²) in [5.41, 5.74) is -1.13. The van der Waals surface area contributed by atoms with Crippen LogP contribution in [0.25, 0.3) is 0 Å². The third kappa shape index (κ3) is 5.76. The van der Waals surface area contributed by atoms with Crippen molar-refractivity contribution < 1.29 is 24.5 Å². The van der Waals surface area contributed by atoms with Crippen molar-refractivity contribution in [3.63, 3.8) is 0 Å². The first kappa shape index (κ1) is 32.1. The molecule has 1 aliphatic heterocycles. The number of phenols is 1. The van der Waals surface area contributed by atoms with Crippen LogP contribution in [0.3, 0.4) is 0 Å². The van der Waals surface area contributed by atoms with E-state index in [1.54, 1.807) is 0 Å². The Kier molecular flexibility index (Phi) is 9.15. The predicted molar refractivity (Wildman–Crippen MR) is 154 cm³/mol. The maximum Gasteiger partial charge on any atom is 0.324 e. The number of phenolic OH excluding ortho intramolecular Hbond substituents is 1. The number of aliphatic carboxylic acids is 1. The van der Waals surface area contributed by atoms with Crippen LogP contribution in [0, 0.1) is 16.7 Å². The first-order valence-electron chi connectivity index (χ1n) is 14.1. The van der Waals surface area contributed by atoms with Crippen LogP contribution in [0.15, 0.2) is 12.1 Å². The SMILES string of the molecule is CCCCOC(=O)C(Cc1cc(C(C)(C)C)c(O)c(C(C)(C)C)c1)(C(=O)O)C1CCN(C)C(C)(C)C1(C)C. The van der Waals surface area contributed by atoms with Gasteiger partial charge in [0.05, 0.1) is 6.61 Å². The van der Waals surface area contributed by atoms with Gasteiger partial charge < -0.3 is 19.8 Å². The molecule has 2 unspecified atom stereocenters. The Morgan fingerprint density at radius 3 is 1.95 bits per heavy atom. The highest BCUT2D eigenvalue weighted by Gasteiger charge is 2.63. The zero-order chi connectivity index (χ0) is 29.5. The van der Waals surface area contributed by atoms with E-state index in [0.717, 1.165) is 23.1 Å². The highest BCUT2D eigenvalue weighted by atomic mass is 16.5. The monoisotopic (exact) mass is 531 g/mol. The molecular weight excluding hydrogens is 478 g/mol. The minimum absolute atomic E-state index is 0.00756. The molecule has 0 amide bonds. The van der Waals surface area contributed by atoms with E-state index in [4.69, 9.17) is 4.74 Å². The summed E-state index contributed by atoms with van der Waals surface area (Å²) in [4.78, 5) is 29.7. The summed E-state index contributed by atoms with van der Waals surface area (Å²) in [6, 6.07) is 3.80. The van der Waals surface area contributed by atoms with E-state index >= 15 is 0 Å². The number of ether oxygens (including phenoxy) is 1. The molecule has 1 fully saturated rings. The number of esters is 1. The van der Waals surface area contributed by atoms with Gasteiger partial charge in [0.25, 0.3) is 0 Å². The number of carboxylic acids is 1. The second-order valence-electron chi connectivity index (χ2n) is 14.5. The van der Waals surface area contributed by atoms with Crippen LogP contribution in [0.5, 0.6) is 5.75 Å². The van der Waals surface area contributed by atoms with Gasteiger partial charge in [-0.25, -0.2) is 0 Å². The summed E-state index contributed by atoms with van der Waals surface area (Å²) >= 11 is 0. The summed E-state index contributed by atoms with van der Waals surface area (Å²) in [6.45, 7) is 23.5. The molecule has 216 valence electrons. The van der Waals surface area contributed by atoms with E-state index in [1.807, 2.05) is 60.6 Å². The van der Waals surface area contributed by atoms with Crippen LogP contribution in [0.4, 0.5) is 0 Å². The molecule has 2 N–H and O–H groups in total. The molecule has 2 atom stereocenters. The molecule has 1 aromatic carbocycles. The molecule has 6 nitrogen and oxygen atoms in total. The molecule has 0 saturated carbocycles. The molecule has 0 aromatic heterocycles. The van der Waals surface area contributed by atoms with Gasteiger partial charge in [0.15, 0.2) is 5.41 Å². The number of rotatable bonds is 8. The van der Waals surface area contributed by atoms with Crippen molar-refractivity contribution >= 4 is 11.9 Å². The molecule has 1 saturated heterocycles. The molecular formula is C32H53NO5. The van der Waals surface area contributed by atoms with Crippen molar-refractivity contribution in [2.24, 2.45) is 16.7 Å². The summed E-state index contributed by atoms with van der Waals surface area (Å²) in [5.74, 6) is -2.02. The highest BCUT2D eigenvalue weighted by Crippen LogP contribution is 2.55. The largest absolute Gasteiger partial charge is 0.507 e. The number of nitrogens with zero attached hydrogens (tertiary/aromatic N) is 1. The molecule has 1 heterocycles. The molecule has 0 spiro atoms. The fourth-order valence-corrected chi connectivity index (χ4v) is 6.09. The molecule has 2 rings (SSSR count). The van der Waals surface area contributed by atoms with Crippen LogP contribution in [0.2, 0.25) is 0 Å². The summed E-state index contributed by atoms with van der Waals surface area (Å²) in [6.07, 6.45) is 2.11. The van der Waals surface area contributed by atoms with Gasteiger partial charge in [-0.05, 0) is 85.6 Å². The van der Waals surface area contributed by atoms with Gasteiger partial charge in [-0.2, -0.15) is 0 Å². The number of hydrogen-bond acceptors (Lipinski definition) is 5. The number of likely N-dealkylation sites (tertiary alicyclic amines) is 1. The molecule has 0 bridgehead atoms. The molecule has 0 radical (unpaired) electrons. The fourth-order valence-electron chi connectivity index (χ4n) is 6.09. The van der Waals surface area contributed by atoms with Crippen molar-refractivity contribution in [1.82, 2.24) is 4.90 Å². The molecule has 6 heteroatoms. The number of carbonyl (C=O) groups excluding carboxylic acids is 1. The van der Waals surface area contributed by atoms with Gasteiger partial charge in [-0.15, -0.1) is 0 Å². The van der Waals surface area contributed by atoms with E-state index in [9.17, 15) is 19.8 Å². The summed E-state index contributed by atoms with van der Waals surface area (Å²) < 4.78 is 5.76. The van der Waals surface area contributed by atoms with Crippen molar-refractivity contribution in [2.45, 2.75) is 118 Å². The molecule has 1 aliphatic rings.